The van der Waals surface area contributed by atoms with Crippen LogP contribution in [0.3, 0.4) is 0 Å². The second kappa shape index (κ2) is 5.68. The summed E-state index contributed by atoms with van der Waals surface area (Å²) in [6.07, 6.45) is 0. The lowest BCUT2D eigenvalue weighted by Crippen LogP contribution is -2.17. The van der Waals surface area contributed by atoms with Crippen LogP contribution in [-0.4, -0.2) is 26.5 Å². The quantitative estimate of drug-likeness (QED) is 0.909. The fraction of sp³-hybridized carbons (Fsp3) is 0.455. The van der Waals surface area contributed by atoms with Gasteiger partial charge in [-0.15, -0.1) is 0 Å². The largest absolute Gasteiger partial charge is 0.384 e. The van der Waals surface area contributed by atoms with E-state index in [1.165, 1.54) is 0 Å². The van der Waals surface area contributed by atoms with Crippen molar-refractivity contribution in [1.29, 1.82) is 0 Å². The van der Waals surface area contributed by atoms with Gasteiger partial charge in [0.2, 0.25) is 0 Å². The van der Waals surface area contributed by atoms with E-state index in [0.717, 1.165) is 15.7 Å². The maximum absolute atomic E-state index is 11.3. The first-order chi connectivity index (χ1) is 7.44. The van der Waals surface area contributed by atoms with Crippen LogP contribution in [0.4, 0.5) is 5.69 Å². The van der Waals surface area contributed by atoms with Crippen molar-refractivity contribution < 1.29 is 8.42 Å². The summed E-state index contributed by atoms with van der Waals surface area (Å²) >= 11 is 3.38. The smallest absolute Gasteiger partial charge is 0.151 e. The molecule has 90 valence electrons. The molecule has 16 heavy (non-hydrogen) atoms. The maximum Gasteiger partial charge on any atom is 0.151 e. The Hall–Kier alpha value is -0.550. The van der Waals surface area contributed by atoms with E-state index in [9.17, 15) is 8.42 Å². The minimum atomic E-state index is -2.89. The molecule has 0 amide bonds. The predicted molar refractivity (Wildman–Crippen MR) is 71.7 cm³/mol. The lowest BCUT2D eigenvalue weighted by atomic mass is 10.2. The van der Waals surface area contributed by atoms with Gasteiger partial charge in [0.25, 0.3) is 0 Å². The van der Waals surface area contributed by atoms with Crippen LogP contribution in [0.25, 0.3) is 0 Å². The predicted octanol–water partition coefficient (Wildman–Crippen LogP) is 2.60. The molecule has 0 bridgehead atoms. The van der Waals surface area contributed by atoms with Crippen LogP contribution in [0.2, 0.25) is 0 Å². The molecule has 1 aromatic carbocycles. The van der Waals surface area contributed by atoms with Gasteiger partial charge in [-0.1, -0.05) is 28.9 Å². The number of nitrogens with one attached hydrogen (secondary N) is 1. The first kappa shape index (κ1) is 13.5. The van der Waals surface area contributed by atoms with Gasteiger partial charge in [-0.2, -0.15) is 0 Å². The lowest BCUT2D eigenvalue weighted by Gasteiger charge is -2.09. The fourth-order valence-corrected chi connectivity index (χ4v) is 2.33. The van der Waals surface area contributed by atoms with Crippen molar-refractivity contribution in [2.24, 2.45) is 0 Å². The molecular formula is C11H16BrNO2S. The number of hydrogen-bond donors (Lipinski definition) is 1. The number of rotatable bonds is 5. The third-order valence-electron chi connectivity index (χ3n) is 2.37. The van der Waals surface area contributed by atoms with Crippen LogP contribution in [-0.2, 0) is 9.84 Å². The molecule has 0 saturated heterocycles. The molecule has 0 atom stereocenters. The number of aryl methyl sites for hydroxylation is 1. The molecule has 0 aliphatic heterocycles. The van der Waals surface area contributed by atoms with Gasteiger partial charge in [0.05, 0.1) is 5.75 Å². The zero-order valence-electron chi connectivity index (χ0n) is 9.46. The molecule has 0 heterocycles. The van der Waals surface area contributed by atoms with Crippen LogP contribution < -0.4 is 5.32 Å². The Morgan fingerprint density at radius 2 is 2.06 bits per heavy atom. The highest BCUT2D eigenvalue weighted by atomic mass is 79.9. The summed E-state index contributed by atoms with van der Waals surface area (Å²) in [5.74, 6) is 0.377. The maximum atomic E-state index is 11.3. The van der Waals surface area contributed by atoms with Gasteiger partial charge in [0.15, 0.2) is 9.84 Å². The average Bonchev–Trinajstić information content (AvgIpc) is 2.23. The SMILES string of the molecule is CCS(=O)(=O)CCNc1cc(Br)ccc1C. The molecule has 0 unspecified atom stereocenters. The lowest BCUT2D eigenvalue weighted by molar-refractivity contribution is 0.597. The summed E-state index contributed by atoms with van der Waals surface area (Å²) in [6, 6.07) is 5.90. The first-order valence-electron chi connectivity index (χ1n) is 5.15. The summed E-state index contributed by atoms with van der Waals surface area (Å²) < 4.78 is 23.6. The van der Waals surface area contributed by atoms with E-state index in [-0.39, 0.29) is 11.5 Å². The molecule has 0 aromatic heterocycles. The van der Waals surface area contributed by atoms with E-state index in [0.29, 0.717) is 6.54 Å². The van der Waals surface area contributed by atoms with E-state index in [2.05, 4.69) is 21.2 Å². The molecule has 3 nitrogen and oxygen atoms in total. The third kappa shape index (κ3) is 4.14. The molecule has 0 aliphatic rings. The topological polar surface area (TPSA) is 46.2 Å². The number of anilines is 1. The van der Waals surface area contributed by atoms with E-state index in [1.54, 1.807) is 6.92 Å². The van der Waals surface area contributed by atoms with Crippen molar-refractivity contribution in [1.82, 2.24) is 0 Å². The second-order valence-electron chi connectivity index (χ2n) is 3.62. The highest BCUT2D eigenvalue weighted by molar-refractivity contribution is 9.10. The van der Waals surface area contributed by atoms with Crippen LogP contribution >= 0.6 is 15.9 Å². The molecular weight excluding hydrogens is 290 g/mol. The summed E-state index contributed by atoms with van der Waals surface area (Å²) in [5, 5.41) is 3.14. The zero-order valence-corrected chi connectivity index (χ0v) is 11.9. The highest BCUT2D eigenvalue weighted by Crippen LogP contribution is 2.20. The Labute approximate surface area is 105 Å². The third-order valence-corrected chi connectivity index (χ3v) is 4.57. The molecule has 0 spiro atoms. The zero-order chi connectivity index (χ0) is 12.2. The number of hydrogen-bond acceptors (Lipinski definition) is 3. The average molecular weight is 306 g/mol. The minimum absolute atomic E-state index is 0.176. The Morgan fingerprint density at radius 1 is 1.38 bits per heavy atom. The number of halogens is 1. The van der Waals surface area contributed by atoms with E-state index in [1.807, 2.05) is 25.1 Å². The van der Waals surface area contributed by atoms with Gasteiger partial charge in [-0.05, 0) is 24.6 Å². The van der Waals surface area contributed by atoms with Gasteiger partial charge in [0.1, 0.15) is 0 Å². The normalized spacial score (nSPS) is 11.4. The van der Waals surface area contributed by atoms with Gasteiger partial charge in [-0.3, -0.25) is 0 Å². The van der Waals surface area contributed by atoms with E-state index < -0.39 is 9.84 Å². The molecule has 0 radical (unpaired) electrons. The van der Waals surface area contributed by atoms with Crippen molar-refractivity contribution in [2.75, 3.05) is 23.4 Å². The molecule has 0 aliphatic carbocycles. The standard InChI is InChI=1S/C11H16BrNO2S/c1-3-16(14,15)7-6-13-11-8-10(12)5-4-9(11)2/h4-5,8,13H,3,6-7H2,1-2H3. The van der Waals surface area contributed by atoms with Crippen LogP contribution in [0.5, 0.6) is 0 Å². The summed E-state index contributed by atoms with van der Waals surface area (Å²) in [5.41, 5.74) is 2.08. The molecule has 1 N–H and O–H groups in total. The van der Waals surface area contributed by atoms with Gasteiger partial charge in [-0.25, -0.2) is 8.42 Å². The number of sulfone groups is 1. The Kier molecular flexibility index (Phi) is 4.80. The van der Waals surface area contributed by atoms with Crippen LogP contribution in [0.1, 0.15) is 12.5 Å². The highest BCUT2D eigenvalue weighted by Gasteiger charge is 2.06. The minimum Gasteiger partial charge on any atom is -0.384 e. The summed E-state index contributed by atoms with van der Waals surface area (Å²) in [6.45, 7) is 4.11. The van der Waals surface area contributed by atoms with Crippen LogP contribution in [0.15, 0.2) is 22.7 Å². The van der Waals surface area contributed by atoms with Gasteiger partial charge < -0.3 is 5.32 Å². The first-order valence-corrected chi connectivity index (χ1v) is 7.76. The van der Waals surface area contributed by atoms with E-state index >= 15 is 0 Å². The second-order valence-corrected chi connectivity index (χ2v) is 7.01. The Morgan fingerprint density at radius 3 is 2.69 bits per heavy atom. The summed E-state index contributed by atoms with van der Waals surface area (Å²) in [4.78, 5) is 0. The van der Waals surface area contributed by atoms with Crippen molar-refractivity contribution in [3.8, 4) is 0 Å². The van der Waals surface area contributed by atoms with Crippen molar-refractivity contribution in [3.05, 3.63) is 28.2 Å². The Balaban J connectivity index is 2.59. The summed E-state index contributed by atoms with van der Waals surface area (Å²) in [7, 11) is -2.89. The molecule has 0 saturated carbocycles. The monoisotopic (exact) mass is 305 g/mol. The van der Waals surface area contributed by atoms with Gasteiger partial charge >= 0.3 is 0 Å². The molecule has 1 aromatic rings. The van der Waals surface area contributed by atoms with Crippen molar-refractivity contribution >= 4 is 31.5 Å². The fourth-order valence-electron chi connectivity index (χ4n) is 1.27. The Bertz CT molecular complexity index is 457. The van der Waals surface area contributed by atoms with Crippen molar-refractivity contribution in [3.63, 3.8) is 0 Å². The molecule has 5 heteroatoms. The molecule has 1 rings (SSSR count). The number of benzene rings is 1. The van der Waals surface area contributed by atoms with E-state index in [4.69, 9.17) is 0 Å². The van der Waals surface area contributed by atoms with Crippen molar-refractivity contribution in [2.45, 2.75) is 13.8 Å². The molecule has 0 fully saturated rings. The van der Waals surface area contributed by atoms with Gasteiger partial charge in [0, 0.05) is 22.5 Å². The van der Waals surface area contributed by atoms with Crippen LogP contribution in [0, 0.1) is 6.92 Å².